The van der Waals surface area contributed by atoms with Crippen molar-refractivity contribution in [2.24, 2.45) is 0 Å². The molecular weight excluding hydrogens is 448 g/mol. The number of piperidine rings is 1. The van der Waals surface area contributed by atoms with Crippen LogP contribution in [-0.2, 0) is 20.0 Å². The Morgan fingerprint density at radius 3 is 2.63 bits per heavy atom. The predicted molar refractivity (Wildman–Crippen MR) is 113 cm³/mol. The lowest BCUT2D eigenvalue weighted by Gasteiger charge is -2.34. The van der Waals surface area contributed by atoms with Gasteiger partial charge < -0.3 is 9.47 Å². The molecule has 0 bridgehead atoms. The first-order valence-corrected chi connectivity index (χ1v) is 13.6. The maximum Gasteiger partial charge on any atom is 0.252 e. The highest BCUT2D eigenvalue weighted by atomic mass is 32.2. The van der Waals surface area contributed by atoms with Crippen molar-refractivity contribution in [1.82, 2.24) is 9.03 Å². The molecule has 11 heteroatoms. The van der Waals surface area contributed by atoms with Crippen LogP contribution >= 0.6 is 11.3 Å². The third kappa shape index (κ3) is 4.50. The molecule has 2 aromatic rings. The maximum atomic E-state index is 12.9. The van der Waals surface area contributed by atoms with Crippen LogP contribution in [0.3, 0.4) is 0 Å². The smallest absolute Gasteiger partial charge is 0.252 e. The van der Waals surface area contributed by atoms with Crippen molar-refractivity contribution in [3.63, 3.8) is 0 Å². The second kappa shape index (κ2) is 8.83. The van der Waals surface area contributed by atoms with Gasteiger partial charge in [0.15, 0.2) is 11.5 Å². The van der Waals surface area contributed by atoms with Crippen molar-refractivity contribution in [1.29, 1.82) is 0 Å². The number of fused-ring (bicyclic) bond motifs is 1. The van der Waals surface area contributed by atoms with Crippen molar-refractivity contribution in [2.45, 2.75) is 40.8 Å². The summed E-state index contributed by atoms with van der Waals surface area (Å²) in [5, 5.41) is 1.74. The monoisotopic (exact) mass is 472 g/mol. The van der Waals surface area contributed by atoms with Crippen LogP contribution in [0.5, 0.6) is 11.5 Å². The summed E-state index contributed by atoms with van der Waals surface area (Å²) in [7, 11) is -7.29. The molecule has 8 nitrogen and oxygen atoms in total. The first-order chi connectivity index (χ1) is 14.4. The molecule has 0 spiro atoms. The van der Waals surface area contributed by atoms with Crippen LogP contribution < -0.4 is 14.2 Å². The fourth-order valence-electron chi connectivity index (χ4n) is 3.74. The Labute approximate surface area is 180 Å². The Morgan fingerprint density at radius 2 is 1.87 bits per heavy atom. The van der Waals surface area contributed by atoms with Crippen LogP contribution in [0.25, 0.3) is 0 Å². The molecule has 1 atom stereocenters. The normalized spacial score (nSPS) is 20.2. The van der Waals surface area contributed by atoms with Gasteiger partial charge in [-0.15, -0.1) is 11.3 Å². The molecule has 0 aliphatic carbocycles. The number of benzene rings is 1. The van der Waals surface area contributed by atoms with Crippen LogP contribution in [-0.4, -0.2) is 53.5 Å². The summed E-state index contributed by atoms with van der Waals surface area (Å²) in [6, 6.07) is 7.61. The summed E-state index contributed by atoms with van der Waals surface area (Å²) >= 11 is 1.20. The zero-order valence-electron chi connectivity index (χ0n) is 16.3. The summed E-state index contributed by atoms with van der Waals surface area (Å²) in [6.07, 6.45) is 2.87. The minimum Gasteiger partial charge on any atom is -0.486 e. The summed E-state index contributed by atoms with van der Waals surface area (Å²) in [6.45, 7) is 1.42. The lowest BCUT2D eigenvalue weighted by atomic mass is 10.0. The third-order valence-electron chi connectivity index (χ3n) is 5.22. The van der Waals surface area contributed by atoms with E-state index in [1.54, 1.807) is 23.6 Å². The molecule has 2 aliphatic rings. The second-order valence-corrected chi connectivity index (χ2v) is 12.0. The highest BCUT2D eigenvalue weighted by Crippen LogP contribution is 2.32. The molecule has 0 amide bonds. The van der Waals surface area contributed by atoms with E-state index in [4.69, 9.17) is 9.47 Å². The number of rotatable bonds is 7. The molecule has 30 heavy (non-hydrogen) atoms. The van der Waals surface area contributed by atoms with E-state index in [9.17, 15) is 16.8 Å². The van der Waals surface area contributed by atoms with E-state index in [1.165, 1.54) is 27.8 Å². The van der Waals surface area contributed by atoms with Gasteiger partial charge in [-0.1, -0.05) is 12.5 Å². The fraction of sp³-hybridized carbons (Fsp3) is 0.474. The van der Waals surface area contributed by atoms with E-state index in [0.29, 0.717) is 41.9 Å². The van der Waals surface area contributed by atoms with Gasteiger partial charge >= 0.3 is 0 Å². The lowest BCUT2D eigenvalue weighted by Crippen LogP contribution is -2.44. The molecule has 1 aromatic carbocycles. The van der Waals surface area contributed by atoms with Gasteiger partial charge in [-0.25, -0.2) is 21.6 Å². The zero-order valence-corrected chi connectivity index (χ0v) is 18.8. The van der Waals surface area contributed by atoms with Gasteiger partial charge in [-0.2, -0.15) is 4.31 Å². The number of sulfonamides is 2. The molecule has 2 aliphatic heterocycles. The topological polar surface area (TPSA) is 102 Å². The first-order valence-electron chi connectivity index (χ1n) is 9.82. The molecule has 1 saturated heterocycles. The first kappa shape index (κ1) is 21.6. The molecular formula is C19H24N2O6S3. The second-order valence-electron chi connectivity index (χ2n) is 7.19. The molecule has 1 aromatic heterocycles. The van der Waals surface area contributed by atoms with E-state index in [1.807, 2.05) is 0 Å². The van der Waals surface area contributed by atoms with Gasteiger partial charge in [0, 0.05) is 25.2 Å². The highest BCUT2D eigenvalue weighted by Gasteiger charge is 2.34. The van der Waals surface area contributed by atoms with Gasteiger partial charge in [0.2, 0.25) is 10.0 Å². The lowest BCUT2D eigenvalue weighted by molar-refractivity contribution is 0.171. The summed E-state index contributed by atoms with van der Waals surface area (Å²) < 4.78 is 66.6. The summed E-state index contributed by atoms with van der Waals surface area (Å²) in [5.74, 6) is 0.932. The minimum atomic E-state index is -3.74. The Morgan fingerprint density at radius 1 is 1.07 bits per heavy atom. The van der Waals surface area contributed by atoms with E-state index in [2.05, 4.69) is 4.72 Å². The van der Waals surface area contributed by atoms with Gasteiger partial charge in [0.25, 0.3) is 10.0 Å². The SMILES string of the molecule is O=S(=O)(NCCC1CCCCN1S(=O)(=O)c1cccs1)c1ccc2c(c1)OCCO2. The van der Waals surface area contributed by atoms with E-state index in [0.717, 1.165) is 19.3 Å². The van der Waals surface area contributed by atoms with Crippen LogP contribution in [0.1, 0.15) is 25.7 Å². The predicted octanol–water partition coefficient (Wildman–Crippen LogP) is 2.43. The van der Waals surface area contributed by atoms with E-state index in [-0.39, 0.29) is 17.5 Å². The van der Waals surface area contributed by atoms with E-state index < -0.39 is 20.0 Å². The number of hydrogen-bond acceptors (Lipinski definition) is 7. The number of ether oxygens (including phenoxy) is 2. The molecule has 1 unspecified atom stereocenters. The summed E-state index contributed by atoms with van der Waals surface area (Å²) in [4.78, 5) is 0.0958. The van der Waals surface area contributed by atoms with Crippen molar-refractivity contribution < 1.29 is 26.3 Å². The van der Waals surface area contributed by atoms with Crippen LogP contribution in [0, 0.1) is 0 Å². The number of hydrogen-bond donors (Lipinski definition) is 1. The van der Waals surface area contributed by atoms with Gasteiger partial charge in [0.05, 0.1) is 4.90 Å². The average molecular weight is 473 g/mol. The number of nitrogens with one attached hydrogen (secondary N) is 1. The maximum absolute atomic E-state index is 12.9. The zero-order chi connectivity index (χ0) is 21.2. The molecule has 1 N–H and O–H groups in total. The number of thiophene rings is 1. The molecule has 0 saturated carbocycles. The highest BCUT2D eigenvalue weighted by molar-refractivity contribution is 7.91. The van der Waals surface area contributed by atoms with Gasteiger partial charge in [-0.3, -0.25) is 0 Å². The van der Waals surface area contributed by atoms with Crippen LogP contribution in [0.2, 0.25) is 0 Å². The van der Waals surface area contributed by atoms with E-state index >= 15 is 0 Å². The Balaban J connectivity index is 1.42. The van der Waals surface area contributed by atoms with Gasteiger partial charge in [0.1, 0.15) is 17.4 Å². The molecule has 0 radical (unpaired) electrons. The molecule has 1 fully saturated rings. The van der Waals surface area contributed by atoms with Crippen LogP contribution in [0.4, 0.5) is 0 Å². The molecule has 4 rings (SSSR count). The van der Waals surface area contributed by atoms with Crippen molar-refractivity contribution in [3.05, 3.63) is 35.7 Å². The quantitative estimate of drug-likeness (QED) is 0.664. The van der Waals surface area contributed by atoms with Crippen molar-refractivity contribution in [3.8, 4) is 11.5 Å². The average Bonchev–Trinajstić information content (AvgIpc) is 3.29. The van der Waals surface area contributed by atoms with Crippen molar-refractivity contribution >= 4 is 31.4 Å². The molecule has 164 valence electrons. The minimum absolute atomic E-state index is 0.0958. The largest absolute Gasteiger partial charge is 0.486 e. The van der Waals surface area contributed by atoms with Crippen LogP contribution in [0.15, 0.2) is 44.8 Å². The number of nitrogens with zero attached hydrogens (tertiary/aromatic N) is 1. The van der Waals surface area contributed by atoms with Crippen molar-refractivity contribution in [2.75, 3.05) is 26.3 Å². The Bertz CT molecular complexity index is 1080. The molecule has 3 heterocycles. The third-order valence-corrected chi connectivity index (χ3v) is 10.0. The Kier molecular flexibility index (Phi) is 6.35. The Hall–Kier alpha value is -1.66. The fourth-order valence-corrected chi connectivity index (χ4v) is 7.64. The summed E-state index contributed by atoms with van der Waals surface area (Å²) in [5.41, 5.74) is 0. The standard InChI is InChI=1S/C19H24N2O6S3/c22-29(23,16-6-7-17-18(14-16)27-12-11-26-17)20-9-8-15-4-1-2-10-21(15)30(24,25)19-5-3-13-28-19/h3,5-7,13-15,20H,1-2,4,8-12H2. The van der Waals surface area contributed by atoms with Gasteiger partial charge in [-0.05, 0) is 42.8 Å².